The van der Waals surface area contributed by atoms with Crippen LogP contribution in [0, 0.1) is 0 Å². The topological polar surface area (TPSA) is 153 Å². The average molecular weight is 523 g/mol. The molecule has 0 unspecified atom stereocenters. The molecule has 2 aromatic carbocycles. The number of carbonyl (C=O) groups excluding carboxylic acids is 1. The van der Waals surface area contributed by atoms with Crippen LogP contribution in [0.4, 0.5) is 0 Å². The van der Waals surface area contributed by atoms with Gasteiger partial charge in [0.05, 0.1) is 12.4 Å². The highest BCUT2D eigenvalue weighted by molar-refractivity contribution is 7.88. The van der Waals surface area contributed by atoms with Crippen molar-refractivity contribution in [1.29, 1.82) is 0 Å². The first-order valence-electron chi connectivity index (χ1n) is 11.2. The molecule has 0 aromatic heterocycles. The summed E-state index contributed by atoms with van der Waals surface area (Å²) < 4.78 is 25.2. The summed E-state index contributed by atoms with van der Waals surface area (Å²) in [6.07, 6.45) is -0.320. The largest absolute Gasteiger partial charge is 0.480 e. The van der Waals surface area contributed by atoms with E-state index in [4.69, 9.17) is 0 Å². The number of carboxylic acids is 1. The van der Waals surface area contributed by atoms with E-state index in [2.05, 4.69) is 5.32 Å². The number of aliphatic carboxylic acids is 1. The summed E-state index contributed by atoms with van der Waals surface area (Å²) in [5.74, 6) is -2.25. The van der Waals surface area contributed by atoms with E-state index in [1.807, 2.05) is 79.2 Å². The van der Waals surface area contributed by atoms with Crippen LogP contribution in [0.25, 0.3) is 0 Å². The zero-order valence-corrected chi connectivity index (χ0v) is 22.1. The van der Waals surface area contributed by atoms with Crippen LogP contribution in [0.15, 0.2) is 60.7 Å². The van der Waals surface area contributed by atoms with E-state index in [-0.39, 0.29) is 12.8 Å². The molecule has 0 aliphatic rings. The van der Waals surface area contributed by atoms with E-state index in [0.29, 0.717) is 0 Å². The molecule has 5 N–H and O–H groups in total. The number of benzene rings is 2. The van der Waals surface area contributed by atoms with Crippen molar-refractivity contribution < 1.29 is 33.0 Å². The fourth-order valence-corrected chi connectivity index (χ4v) is 8.63. The molecule has 0 bridgehead atoms. The summed E-state index contributed by atoms with van der Waals surface area (Å²) in [6, 6.07) is 15.6. The predicted octanol–water partition coefficient (Wildman–Crippen LogP) is 0.167. The van der Waals surface area contributed by atoms with Crippen molar-refractivity contribution in [3.8, 4) is 0 Å². The van der Waals surface area contributed by atoms with Gasteiger partial charge in [-0.3, -0.25) is 4.79 Å². The Kier molecular flexibility index (Phi) is 9.37. The lowest BCUT2D eigenvalue weighted by Gasteiger charge is -2.41. The van der Waals surface area contributed by atoms with Gasteiger partial charge in [0.15, 0.2) is 0 Å². The summed E-state index contributed by atoms with van der Waals surface area (Å²) in [5, 5.41) is 22.7. The number of hydrogen-bond acceptors (Lipinski definition) is 6. The number of carbonyl (C=O) groups is 2. The molecule has 0 fully saturated rings. The van der Waals surface area contributed by atoms with Crippen LogP contribution in [-0.4, -0.2) is 68.1 Å². The van der Waals surface area contributed by atoms with Crippen LogP contribution in [0.2, 0.25) is 5.04 Å². The van der Waals surface area contributed by atoms with E-state index in [0.717, 1.165) is 16.6 Å². The highest BCUT2D eigenvalue weighted by atomic mass is 32.2. The van der Waals surface area contributed by atoms with Crippen molar-refractivity contribution >= 4 is 40.6 Å². The van der Waals surface area contributed by atoms with Crippen LogP contribution in [0.5, 0.6) is 0 Å². The number of amides is 1. The van der Waals surface area contributed by atoms with Gasteiger partial charge in [-0.25, -0.2) is 17.9 Å². The van der Waals surface area contributed by atoms with Gasteiger partial charge in [-0.1, -0.05) is 74.5 Å². The second-order valence-electron chi connectivity index (χ2n) is 9.37. The zero-order valence-electron chi connectivity index (χ0n) is 20.3. The number of aliphatic hydroxyl groups is 1. The summed E-state index contributed by atoms with van der Waals surface area (Å²) in [6.45, 7) is 4.99. The molecule has 0 radical (unpaired) electrons. The fourth-order valence-electron chi connectivity index (χ4n) is 4.11. The van der Waals surface area contributed by atoms with Gasteiger partial charge in [0.2, 0.25) is 15.9 Å². The second kappa shape index (κ2) is 11.4. The predicted molar refractivity (Wildman–Crippen MR) is 136 cm³/mol. The highest BCUT2D eigenvalue weighted by Gasteiger charge is 2.50. The average Bonchev–Trinajstić information content (AvgIpc) is 2.79. The van der Waals surface area contributed by atoms with Crippen molar-refractivity contribution in [3.63, 3.8) is 0 Å². The summed E-state index contributed by atoms with van der Waals surface area (Å²) >= 11 is 0. The van der Waals surface area contributed by atoms with Gasteiger partial charge in [-0.05, 0) is 35.2 Å². The molecular weight excluding hydrogens is 488 g/mol. The summed E-state index contributed by atoms with van der Waals surface area (Å²) in [5.41, 5.74) is 0. The van der Waals surface area contributed by atoms with E-state index < -0.39 is 53.4 Å². The Hall–Kier alpha value is -2.57. The normalized spacial score (nSPS) is 15.1. The number of rotatable bonds is 12. The molecule has 0 saturated heterocycles. The first-order chi connectivity index (χ1) is 16.2. The van der Waals surface area contributed by atoms with E-state index >= 15 is 0 Å². The maximum absolute atomic E-state index is 12.6. The SMILES string of the molecule is C[C@@H](O)[C@H](NS(C)(=O)=O)C(=O)N[C@H](CCC(C)(C)[Si](O)(c1ccccc1)c1ccccc1)C(=O)O. The molecule has 3 atom stereocenters. The van der Waals surface area contributed by atoms with E-state index in [1.165, 1.54) is 6.92 Å². The van der Waals surface area contributed by atoms with E-state index in [9.17, 15) is 33.0 Å². The van der Waals surface area contributed by atoms with Gasteiger partial charge in [0, 0.05) is 0 Å². The Morgan fingerprint density at radius 3 is 1.83 bits per heavy atom. The maximum atomic E-state index is 12.6. The molecule has 0 heterocycles. The summed E-state index contributed by atoms with van der Waals surface area (Å²) in [7, 11) is -7.21. The third-order valence-electron chi connectivity index (χ3n) is 6.14. The zero-order chi connectivity index (χ0) is 26.4. The lowest BCUT2D eigenvalue weighted by atomic mass is 10.0. The highest BCUT2D eigenvalue weighted by Crippen LogP contribution is 2.40. The number of carboxylic acid groups (broad SMARTS) is 1. The van der Waals surface area contributed by atoms with Crippen LogP contribution in [0.1, 0.15) is 33.6 Å². The van der Waals surface area contributed by atoms with Gasteiger partial charge in [0.1, 0.15) is 12.1 Å². The first-order valence-corrected chi connectivity index (χ1v) is 15.0. The van der Waals surface area contributed by atoms with E-state index in [1.54, 1.807) is 0 Å². The molecule has 2 rings (SSSR count). The minimum absolute atomic E-state index is 0.0194. The number of aliphatic hydroxyl groups excluding tert-OH is 1. The second-order valence-corrected chi connectivity index (χ2v) is 15.1. The molecule has 0 aliphatic heterocycles. The van der Waals surface area contributed by atoms with Crippen LogP contribution >= 0.6 is 0 Å². The van der Waals surface area contributed by atoms with Gasteiger partial charge < -0.3 is 20.3 Å². The molecule has 1 amide bonds. The fraction of sp³-hybridized carbons (Fsp3) is 0.417. The molecule has 9 nitrogen and oxygen atoms in total. The van der Waals surface area contributed by atoms with Crippen molar-refractivity contribution in [3.05, 3.63) is 60.7 Å². The Labute approximate surface area is 207 Å². The molecule has 192 valence electrons. The third-order valence-corrected chi connectivity index (χ3v) is 11.4. The molecule has 0 aliphatic carbocycles. The van der Waals surface area contributed by atoms with Crippen LogP contribution in [-0.2, 0) is 19.6 Å². The van der Waals surface area contributed by atoms with Crippen molar-refractivity contribution in [2.24, 2.45) is 0 Å². The lowest BCUT2D eigenvalue weighted by Crippen LogP contribution is -2.65. The monoisotopic (exact) mass is 522 g/mol. The molecule has 35 heavy (non-hydrogen) atoms. The third kappa shape index (κ3) is 7.21. The Morgan fingerprint density at radius 1 is 1.00 bits per heavy atom. The van der Waals surface area contributed by atoms with Crippen molar-refractivity contribution in [1.82, 2.24) is 10.0 Å². The Morgan fingerprint density at radius 2 is 1.46 bits per heavy atom. The smallest absolute Gasteiger partial charge is 0.326 e. The molecule has 11 heteroatoms. The number of sulfonamides is 1. The molecule has 0 spiro atoms. The van der Waals surface area contributed by atoms with Crippen molar-refractivity contribution in [2.75, 3.05) is 6.26 Å². The maximum Gasteiger partial charge on any atom is 0.326 e. The Balaban J connectivity index is 2.31. The first kappa shape index (κ1) is 28.7. The molecule has 2 aromatic rings. The standard InChI is InChI=1S/C24H34N2O7SSi/c1-17(27)21(26-34(4,31)32)22(28)25-20(23(29)30)15-16-24(2,3)35(33,18-11-7-5-8-12-18)19-13-9-6-10-14-19/h5-14,17,20-21,26-27,33H,15-16H2,1-4H3,(H,25,28)(H,29,30)/t17-,20-,21+/m1/s1. The number of nitrogens with one attached hydrogen (secondary N) is 2. The van der Waals surface area contributed by atoms with Crippen LogP contribution < -0.4 is 20.4 Å². The van der Waals surface area contributed by atoms with Gasteiger partial charge in [-0.2, -0.15) is 0 Å². The quantitative estimate of drug-likeness (QED) is 0.249. The van der Waals surface area contributed by atoms with Gasteiger partial charge in [-0.15, -0.1) is 0 Å². The molecule has 0 saturated carbocycles. The minimum atomic E-state index is -3.83. The summed E-state index contributed by atoms with van der Waals surface area (Å²) in [4.78, 5) is 36.8. The van der Waals surface area contributed by atoms with Gasteiger partial charge >= 0.3 is 5.97 Å². The van der Waals surface area contributed by atoms with Gasteiger partial charge in [0.25, 0.3) is 8.32 Å². The molecular formula is C24H34N2O7SSi. The Bertz CT molecular complexity index is 1070. The lowest BCUT2D eigenvalue weighted by molar-refractivity contribution is -0.142. The van der Waals surface area contributed by atoms with Crippen LogP contribution in [0.3, 0.4) is 0 Å². The number of hydrogen-bond donors (Lipinski definition) is 5. The minimum Gasteiger partial charge on any atom is -0.480 e. The van der Waals surface area contributed by atoms with Crippen molar-refractivity contribution in [2.45, 2.75) is 56.8 Å².